The van der Waals surface area contributed by atoms with Crippen LogP contribution < -0.4 is 5.32 Å². The summed E-state index contributed by atoms with van der Waals surface area (Å²) in [6, 6.07) is 15.0. The highest BCUT2D eigenvalue weighted by atomic mass is 16.5. The second-order valence-corrected chi connectivity index (χ2v) is 8.59. The monoisotopic (exact) mass is 506 g/mol. The lowest BCUT2D eigenvalue weighted by molar-refractivity contribution is -0.142. The summed E-state index contributed by atoms with van der Waals surface area (Å²) in [6.45, 7) is 2.19. The van der Waals surface area contributed by atoms with Crippen molar-refractivity contribution in [2.24, 2.45) is 0 Å². The number of ether oxygens (including phenoxy) is 1. The number of nitrogens with zero attached hydrogens (tertiary/aromatic N) is 3. The number of carbonyl (C=O) groups excluding carboxylic acids is 3. The van der Waals surface area contributed by atoms with Crippen molar-refractivity contribution in [2.45, 2.75) is 26.2 Å². The van der Waals surface area contributed by atoms with E-state index in [1.54, 1.807) is 4.90 Å². The van der Waals surface area contributed by atoms with Gasteiger partial charge < -0.3 is 30.1 Å². The molecule has 0 bridgehead atoms. The van der Waals surface area contributed by atoms with Crippen molar-refractivity contribution in [3.8, 4) is 11.8 Å². The molecule has 0 aromatic heterocycles. The van der Waals surface area contributed by atoms with E-state index in [4.69, 9.17) is 4.74 Å². The maximum atomic E-state index is 13.1. The number of aromatic hydroxyl groups is 1. The van der Waals surface area contributed by atoms with E-state index >= 15 is 0 Å². The SMILES string of the molecule is CC(=O)N[C@H](COCc1ccccc1)C(=O)N1CCN(C(=O)C(C#N)=Cc2ccc(O)c(CO)c2)CC1. The highest BCUT2D eigenvalue weighted by Gasteiger charge is 2.30. The van der Waals surface area contributed by atoms with Gasteiger partial charge in [-0.15, -0.1) is 0 Å². The molecule has 0 aliphatic carbocycles. The summed E-state index contributed by atoms with van der Waals surface area (Å²) in [6.07, 6.45) is 1.40. The van der Waals surface area contributed by atoms with Gasteiger partial charge in [-0.1, -0.05) is 36.4 Å². The minimum Gasteiger partial charge on any atom is -0.508 e. The molecule has 0 radical (unpaired) electrons. The molecule has 3 amide bonds. The van der Waals surface area contributed by atoms with Crippen molar-refractivity contribution >= 4 is 23.8 Å². The standard InChI is InChI=1S/C27H30N4O6/c1-19(33)29-24(18-37-17-20-5-3-2-4-6-20)27(36)31-11-9-30(10-12-31)26(35)22(15-28)13-21-7-8-25(34)23(14-21)16-32/h2-8,13-14,24,32,34H,9-12,16-18H2,1H3,(H,29,33)/t24-/m1/s1. The molecular formula is C27H30N4O6. The molecule has 1 atom stereocenters. The third-order valence-corrected chi connectivity index (χ3v) is 5.89. The minimum atomic E-state index is -0.853. The summed E-state index contributed by atoms with van der Waals surface area (Å²) in [4.78, 5) is 40.8. The number of hydrogen-bond donors (Lipinski definition) is 3. The van der Waals surface area contributed by atoms with E-state index in [1.807, 2.05) is 36.4 Å². The first-order chi connectivity index (χ1) is 17.8. The highest BCUT2D eigenvalue weighted by molar-refractivity contribution is 6.01. The molecule has 3 rings (SSSR count). The third kappa shape index (κ3) is 7.64. The summed E-state index contributed by atoms with van der Waals surface area (Å²) in [5.74, 6) is -1.20. The summed E-state index contributed by atoms with van der Waals surface area (Å²) in [5, 5.41) is 31.2. The van der Waals surface area contributed by atoms with Crippen molar-refractivity contribution in [1.29, 1.82) is 5.26 Å². The van der Waals surface area contributed by atoms with Crippen LogP contribution in [0.2, 0.25) is 0 Å². The van der Waals surface area contributed by atoms with Crippen molar-refractivity contribution in [3.63, 3.8) is 0 Å². The van der Waals surface area contributed by atoms with Gasteiger partial charge in [0, 0.05) is 38.7 Å². The molecule has 37 heavy (non-hydrogen) atoms. The van der Waals surface area contributed by atoms with Gasteiger partial charge in [0.15, 0.2) is 0 Å². The molecule has 194 valence electrons. The number of aliphatic hydroxyl groups excluding tert-OH is 1. The van der Waals surface area contributed by atoms with E-state index in [-0.39, 0.29) is 68.1 Å². The van der Waals surface area contributed by atoms with Crippen LogP contribution in [0.1, 0.15) is 23.6 Å². The predicted octanol–water partition coefficient (Wildman–Crippen LogP) is 1.18. The van der Waals surface area contributed by atoms with Crippen LogP contribution in [0.3, 0.4) is 0 Å². The first kappa shape index (κ1) is 27.4. The molecule has 10 heteroatoms. The van der Waals surface area contributed by atoms with Crippen LogP contribution >= 0.6 is 0 Å². The lowest BCUT2D eigenvalue weighted by Crippen LogP contribution is -2.56. The fourth-order valence-electron chi connectivity index (χ4n) is 3.94. The fourth-order valence-corrected chi connectivity index (χ4v) is 3.94. The zero-order valence-electron chi connectivity index (χ0n) is 20.6. The smallest absolute Gasteiger partial charge is 0.264 e. The van der Waals surface area contributed by atoms with E-state index in [9.17, 15) is 29.9 Å². The summed E-state index contributed by atoms with van der Waals surface area (Å²) in [7, 11) is 0. The number of aliphatic hydroxyl groups is 1. The molecule has 1 aliphatic heterocycles. The Hall–Kier alpha value is -4.20. The second kappa shape index (κ2) is 13.2. The normalized spacial score (nSPS) is 14.6. The first-order valence-electron chi connectivity index (χ1n) is 11.8. The Morgan fingerprint density at radius 1 is 1.11 bits per heavy atom. The van der Waals surface area contributed by atoms with E-state index in [0.29, 0.717) is 12.2 Å². The van der Waals surface area contributed by atoms with Crippen LogP contribution in [-0.4, -0.2) is 76.6 Å². The molecule has 10 nitrogen and oxygen atoms in total. The Bertz CT molecular complexity index is 1180. The van der Waals surface area contributed by atoms with E-state index in [2.05, 4.69) is 5.32 Å². The van der Waals surface area contributed by atoms with Crippen LogP contribution in [0.25, 0.3) is 6.08 Å². The largest absolute Gasteiger partial charge is 0.508 e. The average Bonchev–Trinajstić information content (AvgIpc) is 2.91. The number of nitrogens with one attached hydrogen (secondary N) is 1. The molecule has 1 saturated heterocycles. The molecule has 1 fully saturated rings. The van der Waals surface area contributed by atoms with Crippen molar-refractivity contribution < 1.29 is 29.3 Å². The van der Waals surface area contributed by atoms with Crippen molar-refractivity contribution in [2.75, 3.05) is 32.8 Å². The summed E-state index contributed by atoms with van der Waals surface area (Å²) >= 11 is 0. The number of carbonyl (C=O) groups is 3. The number of benzene rings is 2. The van der Waals surface area contributed by atoms with Crippen molar-refractivity contribution in [3.05, 3.63) is 70.8 Å². The van der Waals surface area contributed by atoms with Gasteiger partial charge in [0.25, 0.3) is 5.91 Å². The first-order valence-corrected chi connectivity index (χ1v) is 11.8. The number of rotatable bonds is 9. The Kier molecular flexibility index (Phi) is 9.77. The Morgan fingerprint density at radius 3 is 2.41 bits per heavy atom. The zero-order chi connectivity index (χ0) is 26.8. The molecule has 1 heterocycles. The lowest BCUT2D eigenvalue weighted by atomic mass is 10.1. The van der Waals surface area contributed by atoms with E-state index in [1.165, 1.54) is 36.1 Å². The fraction of sp³-hybridized carbons (Fsp3) is 0.333. The summed E-state index contributed by atoms with van der Waals surface area (Å²) in [5.41, 5.74) is 1.63. The number of hydrogen-bond acceptors (Lipinski definition) is 7. The number of phenols is 1. The zero-order valence-corrected chi connectivity index (χ0v) is 20.6. The number of nitriles is 1. The third-order valence-electron chi connectivity index (χ3n) is 5.89. The van der Waals surface area contributed by atoms with Crippen LogP contribution in [0, 0.1) is 11.3 Å². The van der Waals surface area contributed by atoms with Gasteiger partial charge in [-0.25, -0.2) is 0 Å². The summed E-state index contributed by atoms with van der Waals surface area (Å²) < 4.78 is 5.68. The van der Waals surface area contributed by atoms with Crippen LogP contribution in [0.5, 0.6) is 5.75 Å². The van der Waals surface area contributed by atoms with Gasteiger partial charge in [-0.3, -0.25) is 14.4 Å². The maximum absolute atomic E-state index is 13.1. The average molecular weight is 507 g/mol. The van der Waals surface area contributed by atoms with Gasteiger partial charge in [0.1, 0.15) is 23.4 Å². The van der Waals surface area contributed by atoms with Crippen LogP contribution in [-0.2, 0) is 32.3 Å². The Morgan fingerprint density at radius 2 is 1.78 bits per heavy atom. The molecular weight excluding hydrogens is 476 g/mol. The quantitative estimate of drug-likeness (QED) is 0.342. The predicted molar refractivity (Wildman–Crippen MR) is 134 cm³/mol. The molecule has 0 saturated carbocycles. The van der Waals surface area contributed by atoms with Gasteiger partial charge in [-0.2, -0.15) is 5.26 Å². The molecule has 1 aliphatic rings. The van der Waals surface area contributed by atoms with Crippen molar-refractivity contribution in [1.82, 2.24) is 15.1 Å². The molecule has 2 aromatic rings. The van der Waals surface area contributed by atoms with Gasteiger partial charge in [-0.05, 0) is 29.3 Å². The van der Waals surface area contributed by atoms with Crippen LogP contribution in [0.4, 0.5) is 0 Å². The molecule has 0 unspecified atom stereocenters. The molecule has 0 spiro atoms. The molecule has 3 N–H and O–H groups in total. The minimum absolute atomic E-state index is 0.0101. The van der Waals surface area contributed by atoms with E-state index in [0.717, 1.165) is 5.56 Å². The van der Waals surface area contributed by atoms with Gasteiger partial charge in [0.2, 0.25) is 11.8 Å². The number of amides is 3. The van der Waals surface area contributed by atoms with E-state index < -0.39 is 11.9 Å². The maximum Gasteiger partial charge on any atom is 0.264 e. The highest BCUT2D eigenvalue weighted by Crippen LogP contribution is 2.20. The Labute approximate surface area is 215 Å². The van der Waals surface area contributed by atoms with Gasteiger partial charge >= 0.3 is 0 Å². The lowest BCUT2D eigenvalue weighted by Gasteiger charge is -2.36. The second-order valence-electron chi connectivity index (χ2n) is 8.59. The Balaban J connectivity index is 1.59. The van der Waals surface area contributed by atoms with Crippen LogP contribution in [0.15, 0.2) is 54.1 Å². The number of piperazine rings is 1. The molecule has 2 aromatic carbocycles. The topological polar surface area (TPSA) is 143 Å². The van der Waals surface area contributed by atoms with Gasteiger partial charge in [0.05, 0.1) is 19.8 Å².